The van der Waals surface area contributed by atoms with Crippen LogP contribution in [0.3, 0.4) is 0 Å². The Morgan fingerprint density at radius 1 is 0.681 bits per heavy atom. The summed E-state index contributed by atoms with van der Waals surface area (Å²) in [5.41, 5.74) is 9.57. The molecule has 4 nitrogen and oxygen atoms in total. The summed E-state index contributed by atoms with van der Waals surface area (Å²) in [4.78, 5) is 10.2. The van der Waals surface area contributed by atoms with Crippen LogP contribution >= 0.6 is 0 Å². The first-order valence-corrected chi connectivity index (χ1v) is 15.8. The number of rotatable bonds is 4. The monoisotopic (exact) mass is 795 g/mol. The first kappa shape index (κ1) is 32.4. The van der Waals surface area contributed by atoms with E-state index in [9.17, 15) is 5.11 Å². The largest absolute Gasteiger partial charge is 0.507 e. The van der Waals surface area contributed by atoms with Crippen LogP contribution < -0.4 is 0 Å². The fourth-order valence-electron chi connectivity index (χ4n) is 6.12. The van der Waals surface area contributed by atoms with Crippen LogP contribution in [-0.4, -0.2) is 19.6 Å². The molecule has 7 aromatic rings. The van der Waals surface area contributed by atoms with Crippen molar-refractivity contribution in [2.24, 2.45) is 0 Å². The molecular weight excluding hydrogens is 758 g/mol. The van der Waals surface area contributed by atoms with E-state index in [2.05, 4.69) is 119 Å². The first-order valence-electron chi connectivity index (χ1n) is 15.8. The summed E-state index contributed by atoms with van der Waals surface area (Å²) >= 11 is 0. The Labute approximate surface area is 291 Å². The molecule has 5 aromatic carbocycles. The van der Waals surface area contributed by atoms with E-state index in [1.807, 2.05) is 42.6 Å². The molecule has 0 atom stereocenters. The number of aromatic nitrogens is 3. The molecule has 2 heterocycles. The van der Waals surface area contributed by atoms with E-state index in [1.165, 1.54) is 11.1 Å². The summed E-state index contributed by atoms with van der Waals surface area (Å²) in [7, 11) is 0. The standard InChI is InChI=1S/C42H38N3O.Pt/c1-41(2,3)29-20-21-43-36(25-29)35-23-28(22-27-14-10-11-17-32(27)35)34-24-30(42(4,5)6)26-37-39(34)44-40(33-18-12-13-19-38(33)46)45(37)31-15-8-7-9-16-31;/h7-22,24-26,46H,1-6H3;/q-1;. The summed E-state index contributed by atoms with van der Waals surface area (Å²) in [5, 5.41) is 13.3. The number of nitrogens with zero attached hydrogens (tertiary/aromatic N) is 3. The van der Waals surface area contributed by atoms with E-state index >= 15 is 0 Å². The van der Waals surface area contributed by atoms with Gasteiger partial charge >= 0.3 is 0 Å². The molecule has 0 aliphatic carbocycles. The van der Waals surface area contributed by atoms with Gasteiger partial charge in [-0.3, -0.25) is 9.55 Å². The molecule has 1 N–H and O–H groups in total. The van der Waals surface area contributed by atoms with Crippen molar-refractivity contribution in [3.63, 3.8) is 0 Å². The zero-order valence-electron chi connectivity index (χ0n) is 27.6. The van der Waals surface area contributed by atoms with E-state index in [1.54, 1.807) is 6.07 Å². The Morgan fingerprint density at radius 2 is 1.36 bits per heavy atom. The average molecular weight is 796 g/mol. The first-order chi connectivity index (χ1) is 22.0. The zero-order chi connectivity index (χ0) is 32.2. The number of hydrogen-bond acceptors (Lipinski definition) is 3. The van der Waals surface area contributed by atoms with Crippen molar-refractivity contribution in [2.75, 3.05) is 0 Å². The van der Waals surface area contributed by atoms with E-state index in [0.29, 0.717) is 11.4 Å². The Bertz CT molecular complexity index is 2240. The second-order valence-corrected chi connectivity index (χ2v) is 14.1. The average Bonchev–Trinajstić information content (AvgIpc) is 3.43. The molecule has 47 heavy (non-hydrogen) atoms. The fourth-order valence-corrected chi connectivity index (χ4v) is 6.12. The number of hydrogen-bond donors (Lipinski definition) is 1. The van der Waals surface area contributed by atoms with Gasteiger partial charge in [-0.1, -0.05) is 130 Å². The minimum Gasteiger partial charge on any atom is -0.507 e. The summed E-state index contributed by atoms with van der Waals surface area (Å²) < 4.78 is 2.17. The predicted octanol–water partition coefficient (Wildman–Crippen LogP) is 10.7. The van der Waals surface area contributed by atoms with Gasteiger partial charge in [0.1, 0.15) is 11.6 Å². The third-order valence-electron chi connectivity index (χ3n) is 8.75. The molecule has 0 unspecified atom stereocenters. The maximum atomic E-state index is 11.0. The van der Waals surface area contributed by atoms with Gasteiger partial charge in [-0.2, -0.15) is 0 Å². The van der Waals surface area contributed by atoms with Crippen LogP contribution in [0.4, 0.5) is 0 Å². The van der Waals surface area contributed by atoms with E-state index < -0.39 is 0 Å². The van der Waals surface area contributed by atoms with Crippen molar-refractivity contribution < 1.29 is 26.2 Å². The SMILES string of the molecule is CC(C)(C)c1ccnc(-c2[c-]c(-c3cc(C(C)(C)C)cc4c3nc(-c3ccccc3O)n4-c3ccccc3)cc3ccccc23)c1.[Pt]. The van der Waals surface area contributed by atoms with Gasteiger partial charge in [-0.15, -0.1) is 17.7 Å². The van der Waals surface area contributed by atoms with Crippen LogP contribution in [-0.2, 0) is 31.9 Å². The van der Waals surface area contributed by atoms with Crippen molar-refractivity contribution >= 4 is 21.8 Å². The Hall–Kier alpha value is -4.53. The number of aromatic hydroxyl groups is 1. The molecule has 0 saturated heterocycles. The van der Waals surface area contributed by atoms with Gasteiger partial charge in [0, 0.05) is 38.6 Å². The Morgan fingerprint density at radius 3 is 2.09 bits per heavy atom. The molecule has 5 heteroatoms. The third kappa shape index (κ3) is 6.03. The maximum absolute atomic E-state index is 11.0. The molecule has 0 aliphatic heterocycles. The van der Waals surface area contributed by atoms with Gasteiger partial charge in [-0.05, 0) is 58.4 Å². The molecule has 0 radical (unpaired) electrons. The molecule has 0 fully saturated rings. The van der Waals surface area contributed by atoms with E-state index in [4.69, 9.17) is 9.97 Å². The van der Waals surface area contributed by atoms with Crippen molar-refractivity contribution in [3.8, 4) is 45.2 Å². The summed E-state index contributed by atoms with van der Waals surface area (Å²) in [6.07, 6.45) is 1.91. The summed E-state index contributed by atoms with van der Waals surface area (Å²) in [5.74, 6) is 0.879. The van der Waals surface area contributed by atoms with Gasteiger partial charge in [0.15, 0.2) is 0 Å². The Kier molecular flexibility index (Phi) is 8.44. The zero-order valence-corrected chi connectivity index (χ0v) is 29.8. The van der Waals surface area contributed by atoms with Gasteiger partial charge in [0.2, 0.25) is 0 Å². The topological polar surface area (TPSA) is 50.9 Å². The molecule has 2 aromatic heterocycles. The van der Waals surface area contributed by atoms with Gasteiger partial charge < -0.3 is 5.11 Å². The van der Waals surface area contributed by atoms with Crippen LogP contribution in [0, 0.1) is 6.07 Å². The number of benzene rings is 5. The van der Waals surface area contributed by atoms with Crippen LogP contribution in [0.5, 0.6) is 5.75 Å². The molecule has 0 bridgehead atoms. The molecule has 0 aliphatic rings. The third-order valence-corrected chi connectivity index (χ3v) is 8.75. The molecule has 7 rings (SSSR count). The van der Waals surface area contributed by atoms with Crippen molar-refractivity contribution in [3.05, 3.63) is 133 Å². The second kappa shape index (κ2) is 12.2. The number of imidazole rings is 1. The maximum Gasteiger partial charge on any atom is 0.148 e. The molecule has 0 spiro atoms. The summed E-state index contributed by atoms with van der Waals surface area (Å²) in [6.45, 7) is 13.4. The predicted molar refractivity (Wildman–Crippen MR) is 191 cm³/mol. The number of fused-ring (bicyclic) bond motifs is 2. The minimum absolute atomic E-state index is 0. The molecule has 238 valence electrons. The van der Waals surface area contributed by atoms with Crippen LogP contribution in [0.2, 0.25) is 0 Å². The van der Waals surface area contributed by atoms with Crippen LogP contribution in [0.15, 0.2) is 115 Å². The molecule has 0 saturated carbocycles. The van der Waals surface area contributed by atoms with Gasteiger partial charge in [0.25, 0.3) is 0 Å². The molecular formula is C42H38N3OPt-. The van der Waals surface area contributed by atoms with E-state index in [-0.39, 0.29) is 37.6 Å². The quantitative estimate of drug-likeness (QED) is 0.181. The minimum atomic E-state index is -0.133. The summed E-state index contributed by atoms with van der Waals surface area (Å²) in [6, 6.07) is 41.0. The van der Waals surface area contributed by atoms with Crippen molar-refractivity contribution in [1.29, 1.82) is 0 Å². The number of para-hydroxylation sites is 2. The number of phenols is 1. The van der Waals surface area contributed by atoms with Gasteiger partial charge in [0.05, 0.1) is 16.6 Å². The van der Waals surface area contributed by atoms with Crippen LogP contribution in [0.25, 0.3) is 61.3 Å². The van der Waals surface area contributed by atoms with Crippen molar-refractivity contribution in [1.82, 2.24) is 14.5 Å². The normalized spacial score (nSPS) is 12.0. The van der Waals surface area contributed by atoms with Crippen LogP contribution in [0.1, 0.15) is 52.7 Å². The van der Waals surface area contributed by atoms with E-state index in [0.717, 1.165) is 49.9 Å². The Balaban J connectivity index is 0.00000386. The number of phenolic OH excluding ortho intramolecular Hbond substituents is 1. The second-order valence-electron chi connectivity index (χ2n) is 14.1. The van der Waals surface area contributed by atoms with Gasteiger partial charge in [-0.25, -0.2) is 4.98 Å². The van der Waals surface area contributed by atoms with Crippen molar-refractivity contribution in [2.45, 2.75) is 52.4 Å². The fraction of sp³-hybridized carbons (Fsp3) is 0.190. The molecule has 0 amide bonds. The number of pyridine rings is 1. The smallest absolute Gasteiger partial charge is 0.148 e.